The summed E-state index contributed by atoms with van der Waals surface area (Å²) in [5, 5.41) is 0. The lowest BCUT2D eigenvalue weighted by Gasteiger charge is -2.28. The SMILES string of the molecule is CC1(C)CCc2nc(-c3cn(-c4cc(-c5ccccc5)nc(-c5ccccc5)c4)cn3)ccc2C1=O. The van der Waals surface area contributed by atoms with Crippen LogP contribution in [0, 0.1) is 5.41 Å². The molecule has 0 saturated carbocycles. The minimum Gasteiger partial charge on any atom is -0.305 e. The van der Waals surface area contributed by atoms with Gasteiger partial charge < -0.3 is 4.57 Å². The van der Waals surface area contributed by atoms with Crippen molar-refractivity contribution in [1.82, 2.24) is 19.5 Å². The van der Waals surface area contributed by atoms with Crippen LogP contribution in [0.5, 0.6) is 0 Å². The summed E-state index contributed by atoms with van der Waals surface area (Å²) in [6.45, 7) is 4.02. The monoisotopic (exact) mass is 470 g/mol. The van der Waals surface area contributed by atoms with E-state index < -0.39 is 0 Å². The quantitative estimate of drug-likeness (QED) is 0.289. The van der Waals surface area contributed by atoms with E-state index in [9.17, 15) is 4.79 Å². The highest BCUT2D eigenvalue weighted by atomic mass is 16.1. The van der Waals surface area contributed by atoms with Gasteiger partial charge in [-0.1, -0.05) is 74.5 Å². The number of aromatic nitrogens is 4. The number of benzene rings is 2. The summed E-state index contributed by atoms with van der Waals surface area (Å²) in [5.41, 5.74) is 7.71. The Kier molecular flexibility index (Phi) is 5.33. The van der Waals surface area contributed by atoms with Gasteiger partial charge in [-0.2, -0.15) is 0 Å². The molecule has 0 unspecified atom stereocenters. The second-order valence-corrected chi connectivity index (χ2v) is 9.90. The molecule has 36 heavy (non-hydrogen) atoms. The van der Waals surface area contributed by atoms with Crippen LogP contribution in [0.15, 0.2) is 97.5 Å². The largest absolute Gasteiger partial charge is 0.305 e. The molecule has 0 aliphatic heterocycles. The molecule has 1 aliphatic carbocycles. The molecule has 6 rings (SSSR count). The topological polar surface area (TPSA) is 60.7 Å². The number of fused-ring (bicyclic) bond motifs is 1. The van der Waals surface area contributed by atoms with E-state index in [1.54, 1.807) is 0 Å². The van der Waals surface area contributed by atoms with Crippen molar-refractivity contribution in [2.24, 2.45) is 5.41 Å². The number of rotatable bonds is 4. The Balaban J connectivity index is 1.40. The number of hydrogen-bond donors (Lipinski definition) is 0. The lowest BCUT2D eigenvalue weighted by molar-refractivity contribution is 0.0809. The average molecular weight is 471 g/mol. The maximum Gasteiger partial charge on any atom is 0.170 e. The molecule has 0 radical (unpaired) electrons. The van der Waals surface area contributed by atoms with Gasteiger partial charge in [0.05, 0.1) is 34.8 Å². The summed E-state index contributed by atoms with van der Waals surface area (Å²) in [6.07, 6.45) is 5.41. The molecular weight excluding hydrogens is 444 g/mol. The summed E-state index contributed by atoms with van der Waals surface area (Å²) < 4.78 is 2.01. The Labute approximate surface area is 210 Å². The third-order valence-corrected chi connectivity index (χ3v) is 6.91. The van der Waals surface area contributed by atoms with Gasteiger partial charge in [0, 0.05) is 28.3 Å². The maximum atomic E-state index is 12.8. The number of Topliss-reactive ketones (excluding diaryl/α,β-unsaturated/α-hetero) is 1. The first-order valence-electron chi connectivity index (χ1n) is 12.2. The van der Waals surface area contributed by atoms with Crippen LogP contribution in [0.2, 0.25) is 0 Å². The van der Waals surface area contributed by atoms with Crippen molar-refractivity contribution in [1.29, 1.82) is 0 Å². The van der Waals surface area contributed by atoms with Gasteiger partial charge >= 0.3 is 0 Å². The fourth-order valence-electron chi connectivity index (χ4n) is 4.73. The number of carbonyl (C=O) groups is 1. The van der Waals surface area contributed by atoms with Crippen LogP contribution >= 0.6 is 0 Å². The Bertz CT molecular complexity index is 1510. The highest BCUT2D eigenvalue weighted by molar-refractivity contribution is 6.02. The molecule has 176 valence electrons. The van der Waals surface area contributed by atoms with Gasteiger partial charge in [-0.15, -0.1) is 0 Å². The summed E-state index contributed by atoms with van der Waals surface area (Å²) >= 11 is 0. The fraction of sp³-hybridized carbons (Fsp3) is 0.161. The first-order chi connectivity index (χ1) is 17.5. The number of pyridine rings is 2. The molecule has 5 nitrogen and oxygen atoms in total. The van der Waals surface area contributed by atoms with Crippen LogP contribution < -0.4 is 0 Å². The minimum absolute atomic E-state index is 0.173. The first kappa shape index (κ1) is 22.1. The number of hydrogen-bond acceptors (Lipinski definition) is 4. The minimum atomic E-state index is -0.327. The van der Waals surface area contributed by atoms with Crippen LogP contribution in [0.4, 0.5) is 0 Å². The molecule has 0 bridgehead atoms. The van der Waals surface area contributed by atoms with Crippen LogP contribution in [0.3, 0.4) is 0 Å². The van der Waals surface area contributed by atoms with Gasteiger partial charge in [-0.25, -0.2) is 9.97 Å². The number of imidazole rings is 1. The van der Waals surface area contributed by atoms with E-state index in [0.717, 1.165) is 63.7 Å². The van der Waals surface area contributed by atoms with Crippen LogP contribution in [-0.2, 0) is 6.42 Å². The van der Waals surface area contributed by atoms with E-state index >= 15 is 0 Å². The maximum absolute atomic E-state index is 12.8. The predicted octanol–water partition coefficient (Wildman–Crippen LogP) is 6.82. The average Bonchev–Trinajstić information content (AvgIpc) is 3.42. The van der Waals surface area contributed by atoms with Gasteiger partial charge in [0.1, 0.15) is 5.69 Å². The molecule has 5 aromatic rings. The summed E-state index contributed by atoms with van der Waals surface area (Å²) in [4.78, 5) is 27.2. The molecule has 2 aromatic carbocycles. The van der Waals surface area contributed by atoms with Crippen molar-refractivity contribution in [3.63, 3.8) is 0 Å². The van der Waals surface area contributed by atoms with Crippen molar-refractivity contribution >= 4 is 5.78 Å². The van der Waals surface area contributed by atoms with E-state index in [0.29, 0.717) is 0 Å². The van der Waals surface area contributed by atoms with Gasteiger partial charge in [0.2, 0.25) is 0 Å². The standard InChI is InChI=1S/C31H26N4O/c1-31(2)16-15-25-24(30(31)36)13-14-26(33-25)29-19-35(20-32-29)23-17-27(21-9-5-3-6-10-21)34-28(18-23)22-11-7-4-8-12-22/h3-14,17-20H,15-16H2,1-2H3. The lowest BCUT2D eigenvalue weighted by Crippen LogP contribution is -2.31. The molecule has 0 spiro atoms. The van der Waals surface area contributed by atoms with Gasteiger partial charge in [-0.05, 0) is 37.1 Å². The summed E-state index contributed by atoms with van der Waals surface area (Å²) in [6, 6.07) is 28.4. The van der Waals surface area contributed by atoms with Gasteiger partial charge in [-0.3, -0.25) is 9.78 Å². The Morgan fingerprint density at radius 3 is 2.03 bits per heavy atom. The van der Waals surface area contributed by atoms with E-state index in [1.807, 2.05) is 79.5 Å². The lowest BCUT2D eigenvalue weighted by atomic mass is 9.75. The molecule has 0 N–H and O–H groups in total. The van der Waals surface area contributed by atoms with E-state index in [2.05, 4.69) is 41.4 Å². The number of carbonyl (C=O) groups excluding carboxylic acids is 1. The molecule has 3 aromatic heterocycles. The highest BCUT2D eigenvalue weighted by Crippen LogP contribution is 2.35. The van der Waals surface area contributed by atoms with Crippen molar-refractivity contribution in [2.45, 2.75) is 26.7 Å². The zero-order chi connectivity index (χ0) is 24.7. The Hall–Kier alpha value is -4.38. The van der Waals surface area contributed by atoms with Crippen LogP contribution in [0.25, 0.3) is 39.6 Å². The van der Waals surface area contributed by atoms with Gasteiger partial charge in [0.25, 0.3) is 0 Å². The molecule has 0 amide bonds. The van der Waals surface area contributed by atoms with Crippen molar-refractivity contribution in [3.05, 3.63) is 109 Å². The van der Waals surface area contributed by atoms with E-state index in [4.69, 9.17) is 9.97 Å². The molecule has 0 fully saturated rings. The van der Waals surface area contributed by atoms with E-state index in [1.165, 1.54) is 0 Å². The number of aryl methyl sites for hydroxylation is 1. The molecule has 1 aliphatic rings. The van der Waals surface area contributed by atoms with Gasteiger partial charge in [0.15, 0.2) is 5.78 Å². The first-order valence-corrected chi connectivity index (χ1v) is 12.2. The third-order valence-electron chi connectivity index (χ3n) is 6.91. The Morgan fingerprint density at radius 2 is 1.39 bits per heavy atom. The second-order valence-electron chi connectivity index (χ2n) is 9.90. The second kappa shape index (κ2) is 8.68. The van der Waals surface area contributed by atoms with E-state index in [-0.39, 0.29) is 11.2 Å². The van der Waals surface area contributed by atoms with Crippen molar-refractivity contribution in [2.75, 3.05) is 0 Å². The third kappa shape index (κ3) is 4.03. The highest BCUT2D eigenvalue weighted by Gasteiger charge is 2.35. The molecule has 0 saturated heterocycles. The zero-order valence-corrected chi connectivity index (χ0v) is 20.3. The molecule has 5 heteroatoms. The summed E-state index contributed by atoms with van der Waals surface area (Å²) in [5.74, 6) is 0.173. The smallest absolute Gasteiger partial charge is 0.170 e. The number of nitrogens with zero attached hydrogens (tertiary/aromatic N) is 4. The molecular formula is C31H26N4O. The normalized spacial score (nSPS) is 14.4. The van der Waals surface area contributed by atoms with Crippen LogP contribution in [0.1, 0.15) is 36.3 Å². The molecule has 0 atom stereocenters. The number of ketones is 1. The van der Waals surface area contributed by atoms with Crippen molar-refractivity contribution < 1.29 is 4.79 Å². The molecule has 3 heterocycles. The Morgan fingerprint density at radius 1 is 0.750 bits per heavy atom. The fourth-order valence-corrected chi connectivity index (χ4v) is 4.73. The predicted molar refractivity (Wildman–Crippen MR) is 142 cm³/mol. The van der Waals surface area contributed by atoms with Crippen LogP contribution in [-0.4, -0.2) is 25.3 Å². The zero-order valence-electron chi connectivity index (χ0n) is 20.3. The van der Waals surface area contributed by atoms with Crippen molar-refractivity contribution in [3.8, 4) is 39.6 Å². The summed E-state index contributed by atoms with van der Waals surface area (Å²) in [7, 11) is 0.